The Hall–Kier alpha value is 0. The summed E-state index contributed by atoms with van der Waals surface area (Å²) in [4.78, 5) is 0. The summed E-state index contributed by atoms with van der Waals surface area (Å²) in [5.74, 6) is 11.5. The van der Waals surface area contributed by atoms with Gasteiger partial charge in [0.25, 0.3) is 0 Å². The number of hydrogen-bond donors (Lipinski definition) is 0. The van der Waals surface area contributed by atoms with Gasteiger partial charge < -0.3 is 0 Å². The Kier molecular flexibility index (Phi) is 103. The minimum atomic E-state index is 0.500. The molecule has 0 spiro atoms. The van der Waals surface area contributed by atoms with Crippen molar-refractivity contribution < 1.29 is 0 Å². The fourth-order valence-electron chi connectivity index (χ4n) is 6.62. The van der Waals surface area contributed by atoms with Gasteiger partial charge in [-0.25, -0.2) is 0 Å². The van der Waals surface area contributed by atoms with Crippen LogP contribution >= 0.6 is 0 Å². The van der Waals surface area contributed by atoms with Crippen LogP contribution in [0.15, 0.2) is 0 Å². The Morgan fingerprint density at radius 1 is 0.242 bits per heavy atom. The zero-order chi connectivity index (χ0) is 76.4. The van der Waals surface area contributed by atoms with E-state index in [0.29, 0.717) is 32.5 Å². The second-order valence-electron chi connectivity index (χ2n) is 37.0. The first-order valence-electron chi connectivity index (χ1n) is 40.9. The molecule has 0 aliphatic carbocycles. The molecular weight excluding hydrogens is 1090 g/mol. The molecule has 0 aromatic carbocycles. The first-order chi connectivity index (χ1) is 40.9. The molecule has 0 aliphatic rings. The fraction of sp³-hybridized carbons (Fsp3) is 1.00. The van der Waals surface area contributed by atoms with Gasteiger partial charge in [0.1, 0.15) is 0 Å². The van der Waals surface area contributed by atoms with Crippen molar-refractivity contribution in [1.82, 2.24) is 0 Å². The molecular formula is C91H208. The molecule has 0 radical (unpaired) electrons. The van der Waals surface area contributed by atoms with E-state index in [4.69, 9.17) is 0 Å². The van der Waals surface area contributed by atoms with Crippen LogP contribution in [-0.4, -0.2) is 0 Å². The van der Waals surface area contributed by atoms with Gasteiger partial charge >= 0.3 is 0 Å². The van der Waals surface area contributed by atoms with E-state index in [2.05, 4.69) is 353 Å². The van der Waals surface area contributed by atoms with Crippen LogP contribution in [0.2, 0.25) is 0 Å². The van der Waals surface area contributed by atoms with Crippen molar-refractivity contribution in [2.45, 2.75) is 488 Å². The lowest BCUT2D eigenvalue weighted by atomic mass is 9.84. The molecule has 5 atom stereocenters. The average Bonchev–Trinajstić information content (AvgIpc) is 3.63. The van der Waals surface area contributed by atoms with Gasteiger partial charge in [0.05, 0.1) is 0 Å². The third-order valence-corrected chi connectivity index (χ3v) is 20.3. The molecule has 0 aromatic rings. The van der Waals surface area contributed by atoms with Gasteiger partial charge in [0, 0.05) is 0 Å². The van der Waals surface area contributed by atoms with E-state index in [-0.39, 0.29) is 0 Å². The van der Waals surface area contributed by atoms with Crippen LogP contribution < -0.4 is 0 Å². The van der Waals surface area contributed by atoms with Crippen LogP contribution in [-0.2, 0) is 0 Å². The first kappa shape index (κ1) is 121. The third-order valence-electron chi connectivity index (χ3n) is 20.3. The lowest BCUT2D eigenvalue weighted by Crippen LogP contribution is -2.12. The summed E-state index contributed by atoms with van der Waals surface area (Å²) >= 11 is 0. The molecule has 0 nitrogen and oxygen atoms in total. The Morgan fingerprint density at radius 2 is 0.429 bits per heavy atom. The van der Waals surface area contributed by atoms with E-state index in [1.165, 1.54) is 135 Å². The number of rotatable bonds is 23. The summed E-state index contributed by atoms with van der Waals surface area (Å²) in [6, 6.07) is 0. The molecule has 0 aromatic heterocycles. The van der Waals surface area contributed by atoms with E-state index in [1.54, 1.807) is 0 Å². The largest absolute Gasteiger partial charge is 0.0654 e. The van der Waals surface area contributed by atoms with Crippen molar-refractivity contribution in [2.24, 2.45) is 109 Å². The summed E-state index contributed by atoms with van der Waals surface area (Å²) in [5.41, 5.74) is 3.27. The molecule has 0 saturated carbocycles. The SMILES string of the molecule is CC(C)C(C)(C)C.CC(C)C(C)(C)C.CC(C)CC(C)C.CCC(C)(C)CC.CCC(C)(C)CC.CCC(C)C(C)C.CCC(C)C(C)C.CCC(CC)CC.CCCC(C)(C)C.CCCC(C)(C)C.CCCC(C)CC.CCCC(C)CC.CC[C@H](C)C(C)C. The van der Waals surface area contributed by atoms with Crippen molar-refractivity contribution >= 4 is 0 Å². The molecule has 91 heavy (non-hydrogen) atoms. The predicted octanol–water partition coefficient (Wildman–Crippen LogP) is 36.0. The molecule has 0 N–H and O–H groups in total. The molecule has 0 saturated heterocycles. The summed E-state index contributed by atoms with van der Waals surface area (Å²) in [6.07, 6.45) is 28.0. The van der Waals surface area contributed by atoms with Gasteiger partial charge in [-0.1, -0.05) is 469 Å². The Labute approximate surface area is 594 Å². The highest BCUT2D eigenvalue weighted by atomic mass is 14.2. The minimum Gasteiger partial charge on any atom is -0.0654 e. The normalized spacial score (nSPS) is 13.0. The molecule has 0 fully saturated rings. The summed E-state index contributed by atoms with van der Waals surface area (Å²) in [6.45, 7) is 116. The van der Waals surface area contributed by atoms with Crippen LogP contribution in [0.25, 0.3) is 0 Å². The van der Waals surface area contributed by atoms with Gasteiger partial charge in [-0.15, -0.1) is 0 Å². The van der Waals surface area contributed by atoms with E-state index in [9.17, 15) is 0 Å². The fourth-order valence-corrected chi connectivity index (χ4v) is 6.62. The second-order valence-corrected chi connectivity index (χ2v) is 37.0. The van der Waals surface area contributed by atoms with Gasteiger partial charge in [-0.05, 0) is 129 Å². The molecule has 0 amide bonds. The quantitative estimate of drug-likeness (QED) is 0.0957. The molecule has 0 rings (SSSR count). The van der Waals surface area contributed by atoms with Crippen LogP contribution in [0.5, 0.6) is 0 Å². The minimum absolute atomic E-state index is 0.500. The van der Waals surface area contributed by atoms with Crippen molar-refractivity contribution in [3.63, 3.8) is 0 Å². The van der Waals surface area contributed by atoms with E-state index in [0.717, 1.165) is 76.9 Å². The van der Waals surface area contributed by atoms with Gasteiger partial charge in [-0.2, -0.15) is 0 Å². The Bertz CT molecular complexity index is 1070. The van der Waals surface area contributed by atoms with E-state index < -0.39 is 0 Å². The summed E-state index contributed by atoms with van der Waals surface area (Å²) < 4.78 is 0. The Balaban J connectivity index is -0.0000000658. The highest BCUT2D eigenvalue weighted by Crippen LogP contribution is 2.26. The van der Waals surface area contributed by atoms with Gasteiger partial charge in [-0.3, -0.25) is 0 Å². The van der Waals surface area contributed by atoms with Crippen molar-refractivity contribution in [3.8, 4) is 0 Å². The lowest BCUT2D eigenvalue weighted by Gasteiger charge is -2.22. The van der Waals surface area contributed by atoms with Gasteiger partial charge in [0.2, 0.25) is 0 Å². The molecule has 0 bridgehead atoms. The van der Waals surface area contributed by atoms with E-state index >= 15 is 0 Å². The van der Waals surface area contributed by atoms with Crippen molar-refractivity contribution in [2.75, 3.05) is 0 Å². The molecule has 4 unspecified atom stereocenters. The standard InChI is InChI=1S/13C7H16/c2*1-6(2)7(3,4)5;1-6(2)5-7(3)4;2*1-5-6-7(2,3)4;2*1-5-7(3,4)6-2;3*1-5-7(4)6(2)3;2*1-4-6-7(3)5-2;1-4-7(5-2)6-3/h2*6H,1-5H3;6-7H,5H2,1-4H3;4*5-6H2,1-4H3;3*6-7H,5H2,1-4H3;3*7H,4-6H2,1-3H3/t;;;;;;;7-;;;;;/m.......0...../s1. The summed E-state index contributed by atoms with van der Waals surface area (Å²) in [5, 5.41) is 0. The van der Waals surface area contributed by atoms with Crippen LogP contribution in [0.4, 0.5) is 0 Å². The monoisotopic (exact) mass is 1300 g/mol. The van der Waals surface area contributed by atoms with E-state index in [1.807, 2.05) is 0 Å². The summed E-state index contributed by atoms with van der Waals surface area (Å²) in [7, 11) is 0. The van der Waals surface area contributed by atoms with Crippen molar-refractivity contribution in [1.29, 1.82) is 0 Å². The lowest BCUT2D eigenvalue weighted by molar-refractivity contribution is 0.283. The average molecular weight is 1300 g/mol. The molecule has 0 heteroatoms. The zero-order valence-electron chi connectivity index (χ0n) is 76.4. The second kappa shape index (κ2) is 77.4. The zero-order valence-corrected chi connectivity index (χ0v) is 76.4. The van der Waals surface area contributed by atoms with Crippen molar-refractivity contribution in [3.05, 3.63) is 0 Å². The van der Waals surface area contributed by atoms with Gasteiger partial charge in [0.15, 0.2) is 0 Å². The van der Waals surface area contributed by atoms with Crippen LogP contribution in [0.1, 0.15) is 488 Å². The predicted molar refractivity (Wildman–Crippen MR) is 446 cm³/mol. The molecule has 572 valence electrons. The third kappa shape index (κ3) is 142. The maximum absolute atomic E-state index is 2.31. The highest BCUT2D eigenvalue weighted by molar-refractivity contribution is 4.66. The van der Waals surface area contributed by atoms with Crippen LogP contribution in [0, 0.1) is 109 Å². The number of hydrogen-bond acceptors (Lipinski definition) is 0. The van der Waals surface area contributed by atoms with Crippen LogP contribution in [0.3, 0.4) is 0 Å². The maximum atomic E-state index is 2.31. The molecule has 0 aliphatic heterocycles. The molecule has 0 heterocycles. The Morgan fingerprint density at radius 3 is 0.440 bits per heavy atom. The maximum Gasteiger partial charge on any atom is -0.0359 e. The highest BCUT2D eigenvalue weighted by Gasteiger charge is 2.15. The smallest absolute Gasteiger partial charge is 0.0359 e. The topological polar surface area (TPSA) is 0 Å². The first-order valence-corrected chi connectivity index (χ1v) is 40.9.